The van der Waals surface area contributed by atoms with Gasteiger partial charge in [0.2, 0.25) is 0 Å². The Balaban J connectivity index is 1.78. The highest BCUT2D eigenvalue weighted by molar-refractivity contribution is 7.18. The first-order valence-corrected chi connectivity index (χ1v) is 12.3. The number of aryl methyl sites for hydroxylation is 3. The van der Waals surface area contributed by atoms with Gasteiger partial charge in [0.1, 0.15) is 17.1 Å². The van der Waals surface area contributed by atoms with Crippen molar-refractivity contribution < 1.29 is 24.2 Å². The second-order valence-electron chi connectivity index (χ2n) is 8.84. The Kier molecular flexibility index (Phi) is 5.91. The first-order valence-electron chi connectivity index (χ1n) is 11.5. The van der Waals surface area contributed by atoms with Crippen LogP contribution in [-0.4, -0.2) is 44.1 Å². The van der Waals surface area contributed by atoms with Crippen molar-refractivity contribution >= 4 is 45.3 Å². The van der Waals surface area contributed by atoms with Gasteiger partial charge in [-0.15, -0.1) is 0 Å². The highest BCUT2D eigenvalue weighted by Gasteiger charge is 2.49. The fraction of sp³-hybridized carbons (Fsp3) is 0.222. The summed E-state index contributed by atoms with van der Waals surface area (Å²) in [5, 5.41) is 11.7. The minimum Gasteiger partial charge on any atom is -0.505 e. The van der Waals surface area contributed by atoms with Crippen LogP contribution in [0.4, 0.5) is 5.13 Å². The number of aliphatic hydroxyl groups is 1. The molecule has 5 rings (SSSR count). The first kappa shape index (κ1) is 24.4. The number of hydrogen-bond acceptors (Lipinski definition) is 8. The van der Waals surface area contributed by atoms with Gasteiger partial charge in [0.25, 0.3) is 5.78 Å². The van der Waals surface area contributed by atoms with E-state index in [0.717, 1.165) is 16.9 Å². The molecule has 0 radical (unpaired) electrons. The number of ketones is 2. The average molecular weight is 517 g/mol. The summed E-state index contributed by atoms with van der Waals surface area (Å²) in [6, 6.07) is 9.68. The molecular weight excluding hydrogens is 492 g/mol. The van der Waals surface area contributed by atoms with Crippen LogP contribution in [0.25, 0.3) is 11.4 Å². The molecule has 9 nitrogen and oxygen atoms in total. The minimum atomic E-state index is -1.01. The van der Waals surface area contributed by atoms with Gasteiger partial charge in [0, 0.05) is 13.1 Å². The molecule has 1 N–H and O–H groups in total. The summed E-state index contributed by atoms with van der Waals surface area (Å²) in [7, 11) is 1.52. The molecule has 4 heterocycles. The summed E-state index contributed by atoms with van der Waals surface area (Å²) in [5.41, 5.74) is 3.25. The largest absolute Gasteiger partial charge is 0.505 e. The molecule has 1 amide bonds. The predicted octanol–water partition coefficient (Wildman–Crippen LogP) is 4.55. The Morgan fingerprint density at radius 1 is 1.11 bits per heavy atom. The lowest BCUT2D eigenvalue weighted by Crippen LogP contribution is -2.29. The summed E-state index contributed by atoms with van der Waals surface area (Å²) >= 11 is 1.03. The molecule has 1 aliphatic rings. The van der Waals surface area contributed by atoms with E-state index in [4.69, 9.17) is 4.74 Å². The zero-order chi connectivity index (χ0) is 26.6. The van der Waals surface area contributed by atoms with Crippen LogP contribution < -0.4 is 9.64 Å². The number of aromatic nitrogens is 3. The van der Waals surface area contributed by atoms with Crippen LogP contribution in [0.2, 0.25) is 0 Å². The molecule has 0 aliphatic carbocycles. The summed E-state index contributed by atoms with van der Waals surface area (Å²) in [4.78, 5) is 49.7. The second-order valence-corrected chi connectivity index (χ2v) is 9.82. The number of ether oxygens (including phenoxy) is 1. The molecule has 188 valence electrons. The van der Waals surface area contributed by atoms with E-state index in [2.05, 4.69) is 9.97 Å². The van der Waals surface area contributed by atoms with E-state index in [-0.39, 0.29) is 27.9 Å². The van der Waals surface area contributed by atoms with Crippen molar-refractivity contribution in [1.29, 1.82) is 0 Å². The number of nitrogens with zero attached hydrogens (tertiary/aromatic N) is 4. The Labute approximate surface area is 216 Å². The maximum atomic E-state index is 13.5. The van der Waals surface area contributed by atoms with Gasteiger partial charge >= 0.3 is 5.91 Å². The van der Waals surface area contributed by atoms with Crippen molar-refractivity contribution in [3.8, 4) is 5.75 Å². The van der Waals surface area contributed by atoms with E-state index < -0.39 is 17.7 Å². The van der Waals surface area contributed by atoms with Gasteiger partial charge in [0.05, 0.1) is 35.0 Å². The number of fused-ring (bicyclic) bond motifs is 1. The Bertz CT molecular complexity index is 1650. The Morgan fingerprint density at radius 3 is 2.51 bits per heavy atom. The molecule has 1 atom stereocenters. The van der Waals surface area contributed by atoms with E-state index in [1.54, 1.807) is 38.1 Å². The van der Waals surface area contributed by atoms with Crippen LogP contribution in [0.3, 0.4) is 0 Å². The Morgan fingerprint density at radius 2 is 1.86 bits per heavy atom. The van der Waals surface area contributed by atoms with E-state index in [1.807, 2.05) is 29.7 Å². The van der Waals surface area contributed by atoms with Gasteiger partial charge in [-0.25, -0.2) is 9.97 Å². The lowest BCUT2D eigenvalue weighted by atomic mass is 9.96. The number of anilines is 1. The minimum absolute atomic E-state index is 0.111. The molecule has 3 aromatic heterocycles. The molecule has 1 fully saturated rings. The highest BCUT2D eigenvalue weighted by atomic mass is 32.1. The number of pyridine rings is 1. The van der Waals surface area contributed by atoms with Crippen LogP contribution in [0.1, 0.15) is 50.8 Å². The number of carbonyl (C=O) groups excluding carboxylic acids is 3. The van der Waals surface area contributed by atoms with Crippen LogP contribution >= 0.6 is 11.3 Å². The van der Waals surface area contributed by atoms with Crippen molar-refractivity contribution in [3.63, 3.8) is 0 Å². The van der Waals surface area contributed by atoms with Crippen LogP contribution in [0.5, 0.6) is 5.75 Å². The van der Waals surface area contributed by atoms with Crippen LogP contribution in [0, 0.1) is 20.8 Å². The van der Waals surface area contributed by atoms with E-state index >= 15 is 0 Å². The summed E-state index contributed by atoms with van der Waals surface area (Å²) in [6.07, 6.45) is 1.82. The maximum Gasteiger partial charge on any atom is 0.301 e. The Hall–Kier alpha value is -4.31. The van der Waals surface area contributed by atoms with Gasteiger partial charge in [-0.2, -0.15) is 0 Å². The van der Waals surface area contributed by atoms with Crippen molar-refractivity contribution in [1.82, 2.24) is 14.4 Å². The summed E-state index contributed by atoms with van der Waals surface area (Å²) in [6.45, 7) is 6.79. The number of thiazole rings is 1. The number of amides is 1. The fourth-order valence-electron chi connectivity index (χ4n) is 4.64. The van der Waals surface area contributed by atoms with Crippen molar-refractivity contribution in [2.75, 3.05) is 12.0 Å². The monoisotopic (exact) mass is 516 g/mol. The molecule has 10 heteroatoms. The van der Waals surface area contributed by atoms with Gasteiger partial charge in [-0.3, -0.25) is 19.3 Å². The van der Waals surface area contributed by atoms with Crippen LogP contribution in [-0.2, 0) is 9.59 Å². The molecule has 1 aliphatic heterocycles. The van der Waals surface area contributed by atoms with Crippen molar-refractivity contribution in [2.45, 2.75) is 33.7 Å². The molecule has 1 aromatic carbocycles. The molecular formula is C27H24N4O5S. The number of methoxy groups -OCH3 is 1. The fourth-order valence-corrected chi connectivity index (χ4v) is 5.63. The number of imidazole rings is 1. The number of Topliss-reactive ketones (excluding diaryl/α,β-unsaturated/α-hetero) is 2. The number of carbonyl (C=O) groups is 3. The smallest absolute Gasteiger partial charge is 0.301 e. The summed E-state index contributed by atoms with van der Waals surface area (Å²) < 4.78 is 7.20. The zero-order valence-corrected chi connectivity index (χ0v) is 21.7. The molecule has 4 aromatic rings. The lowest BCUT2D eigenvalue weighted by molar-refractivity contribution is -0.132. The number of aliphatic hydroxyl groups excluding tert-OH is 1. The molecule has 0 spiro atoms. The standard InChI is InChI=1S/C27H24N4O5S/c1-13-8-7-11-30-15(3)20(29-25(13)30)22(33)19-21(17-9-6-10-18(12-17)36-5)31(26(35)23(19)34)27-28-14(2)24(37-27)16(4)32/h6-12,21,33H,1-5H3/b22-19+. The lowest BCUT2D eigenvalue weighted by Gasteiger charge is -2.23. The number of hydrogen-bond donors (Lipinski definition) is 1. The third kappa shape index (κ3) is 3.80. The van der Waals surface area contributed by atoms with E-state index in [1.165, 1.54) is 18.9 Å². The number of rotatable bonds is 5. The van der Waals surface area contributed by atoms with Gasteiger partial charge < -0.3 is 14.2 Å². The molecule has 1 saturated heterocycles. The SMILES string of the molecule is COc1cccc(C2/C(=C(\O)c3nc4c(C)cccn4c3C)C(=O)C(=O)N2c2nc(C)c(C(C)=O)s2)c1. The van der Waals surface area contributed by atoms with Gasteiger partial charge in [0.15, 0.2) is 16.7 Å². The topological polar surface area (TPSA) is 114 Å². The van der Waals surface area contributed by atoms with Gasteiger partial charge in [-0.1, -0.05) is 29.5 Å². The van der Waals surface area contributed by atoms with Gasteiger partial charge in [-0.05, 0) is 50.1 Å². The molecule has 0 saturated carbocycles. The maximum absolute atomic E-state index is 13.5. The van der Waals surface area contributed by atoms with E-state index in [9.17, 15) is 19.5 Å². The summed E-state index contributed by atoms with van der Waals surface area (Å²) in [5.74, 6) is -1.77. The molecule has 37 heavy (non-hydrogen) atoms. The molecule has 1 unspecified atom stereocenters. The van der Waals surface area contributed by atoms with Crippen molar-refractivity contribution in [2.24, 2.45) is 0 Å². The normalized spacial score (nSPS) is 17.1. The predicted molar refractivity (Wildman–Crippen MR) is 139 cm³/mol. The third-order valence-electron chi connectivity index (χ3n) is 6.47. The molecule has 0 bridgehead atoms. The quantitative estimate of drug-likeness (QED) is 0.179. The van der Waals surface area contributed by atoms with Crippen molar-refractivity contribution in [3.05, 3.63) is 81.3 Å². The van der Waals surface area contributed by atoms with Crippen LogP contribution in [0.15, 0.2) is 48.2 Å². The third-order valence-corrected chi connectivity index (χ3v) is 7.73. The zero-order valence-electron chi connectivity index (χ0n) is 20.9. The number of benzene rings is 1. The highest BCUT2D eigenvalue weighted by Crippen LogP contribution is 2.44. The second kappa shape index (κ2) is 8.97. The first-order chi connectivity index (χ1) is 17.6. The average Bonchev–Trinajstić information content (AvgIpc) is 3.51. The van der Waals surface area contributed by atoms with E-state index in [0.29, 0.717) is 33.2 Å².